The normalized spacial score (nSPS) is 11.2. The monoisotopic (exact) mass is 216 g/mol. The molecule has 0 spiro atoms. The molecule has 0 radical (unpaired) electrons. The quantitative estimate of drug-likeness (QED) is 0.826. The molecule has 14 heavy (non-hydrogen) atoms. The Balaban J connectivity index is 2.86. The van der Waals surface area contributed by atoms with Crippen molar-refractivity contribution < 1.29 is 0 Å². The Bertz CT molecular complexity index is 349. The highest BCUT2D eigenvalue weighted by Gasteiger charge is 2.11. The first-order valence-electron chi connectivity index (χ1n) is 5.05. The van der Waals surface area contributed by atoms with E-state index in [0.29, 0.717) is 16.6 Å². The van der Waals surface area contributed by atoms with Crippen LogP contribution in [0.5, 0.6) is 0 Å². The minimum absolute atomic E-state index is 0.0824. The molecule has 0 aliphatic carbocycles. The van der Waals surface area contributed by atoms with Gasteiger partial charge in [-0.05, 0) is 12.8 Å². The van der Waals surface area contributed by atoms with Crippen LogP contribution < -0.4 is 5.56 Å². The summed E-state index contributed by atoms with van der Waals surface area (Å²) in [5.41, 5.74) is 0.526. The fourth-order valence-electron chi connectivity index (χ4n) is 1.48. The zero-order chi connectivity index (χ0) is 10.7. The van der Waals surface area contributed by atoms with Gasteiger partial charge in [0.25, 0.3) is 5.56 Å². The second-order valence-corrected chi connectivity index (χ2v) is 4.01. The number of nitrogens with one attached hydrogen (secondary N) is 1. The largest absolute Gasteiger partial charge is 0.273 e. The molecule has 0 aliphatic heterocycles. The first-order chi connectivity index (χ1) is 6.60. The summed E-state index contributed by atoms with van der Waals surface area (Å²) in [7, 11) is 0. The lowest BCUT2D eigenvalue weighted by Gasteiger charge is -2.13. The standard InChI is InChI=1S/C10H17ClN2O/c1-4-8(5-2)6-13-9(11)7(3)10(14)12-13/h8H,4-6H2,1-3H3,(H,12,14). The van der Waals surface area contributed by atoms with E-state index in [9.17, 15) is 4.79 Å². The SMILES string of the molecule is CCC(CC)Cn1[nH]c(=O)c(C)c1Cl. The molecule has 0 aromatic carbocycles. The van der Waals surface area contributed by atoms with Crippen LogP contribution in [0.3, 0.4) is 0 Å². The van der Waals surface area contributed by atoms with Gasteiger partial charge >= 0.3 is 0 Å². The number of hydrogen-bond acceptors (Lipinski definition) is 1. The Morgan fingerprint density at radius 1 is 1.43 bits per heavy atom. The number of halogens is 1. The van der Waals surface area contributed by atoms with E-state index < -0.39 is 0 Å². The fraction of sp³-hybridized carbons (Fsp3) is 0.700. The van der Waals surface area contributed by atoms with Crippen LogP contribution in [-0.4, -0.2) is 9.78 Å². The molecule has 0 aliphatic rings. The molecule has 3 nitrogen and oxygen atoms in total. The highest BCUT2D eigenvalue weighted by molar-refractivity contribution is 6.30. The average molecular weight is 217 g/mol. The molecular formula is C10H17ClN2O. The minimum Gasteiger partial charge on any atom is -0.273 e. The van der Waals surface area contributed by atoms with Gasteiger partial charge in [0.1, 0.15) is 5.15 Å². The molecule has 4 heteroatoms. The highest BCUT2D eigenvalue weighted by Crippen LogP contribution is 2.15. The van der Waals surface area contributed by atoms with Gasteiger partial charge in [-0.15, -0.1) is 0 Å². The molecule has 0 atom stereocenters. The van der Waals surface area contributed by atoms with Crippen LogP contribution in [0, 0.1) is 12.8 Å². The van der Waals surface area contributed by atoms with Gasteiger partial charge in [0.2, 0.25) is 0 Å². The van der Waals surface area contributed by atoms with Gasteiger partial charge < -0.3 is 0 Å². The number of H-pyrrole nitrogens is 1. The third-order valence-corrected chi connectivity index (χ3v) is 3.21. The third kappa shape index (κ3) is 2.21. The van der Waals surface area contributed by atoms with Gasteiger partial charge in [0.05, 0.1) is 5.56 Å². The molecule has 1 aromatic rings. The van der Waals surface area contributed by atoms with Crippen LogP contribution in [0.4, 0.5) is 0 Å². The number of hydrogen-bond donors (Lipinski definition) is 1. The maximum atomic E-state index is 11.3. The fourth-order valence-corrected chi connectivity index (χ4v) is 1.68. The molecule has 0 bridgehead atoms. The lowest BCUT2D eigenvalue weighted by Crippen LogP contribution is -2.13. The van der Waals surface area contributed by atoms with Crippen molar-refractivity contribution in [1.82, 2.24) is 9.78 Å². The van der Waals surface area contributed by atoms with Gasteiger partial charge in [-0.3, -0.25) is 14.6 Å². The summed E-state index contributed by atoms with van der Waals surface area (Å²) in [6.45, 7) is 6.84. The Labute approximate surface area is 89.1 Å². The first-order valence-corrected chi connectivity index (χ1v) is 5.42. The van der Waals surface area contributed by atoms with Crippen LogP contribution in [0.15, 0.2) is 4.79 Å². The van der Waals surface area contributed by atoms with Crippen molar-refractivity contribution in [1.29, 1.82) is 0 Å². The van der Waals surface area contributed by atoms with Gasteiger partial charge in [-0.2, -0.15) is 0 Å². The zero-order valence-corrected chi connectivity index (χ0v) is 9.69. The molecule has 80 valence electrons. The first kappa shape index (κ1) is 11.4. The van der Waals surface area contributed by atoms with E-state index >= 15 is 0 Å². The Kier molecular flexibility index (Phi) is 3.81. The van der Waals surface area contributed by atoms with E-state index in [2.05, 4.69) is 18.9 Å². The molecular weight excluding hydrogens is 200 g/mol. The molecule has 0 saturated heterocycles. The summed E-state index contributed by atoms with van der Waals surface area (Å²) in [6.07, 6.45) is 2.21. The Morgan fingerprint density at radius 2 is 2.00 bits per heavy atom. The van der Waals surface area contributed by atoms with Gasteiger partial charge in [0, 0.05) is 6.54 Å². The summed E-state index contributed by atoms with van der Waals surface area (Å²) in [6, 6.07) is 0. The van der Waals surface area contributed by atoms with E-state index in [4.69, 9.17) is 11.6 Å². The van der Waals surface area contributed by atoms with E-state index in [1.165, 1.54) is 0 Å². The molecule has 1 rings (SSSR count). The summed E-state index contributed by atoms with van der Waals surface area (Å²) < 4.78 is 1.75. The topological polar surface area (TPSA) is 37.8 Å². The second-order valence-electron chi connectivity index (χ2n) is 3.65. The van der Waals surface area contributed by atoms with Crippen molar-refractivity contribution in [3.05, 3.63) is 21.1 Å². The predicted octanol–water partition coefficient (Wildman–Crippen LogP) is 2.57. The van der Waals surface area contributed by atoms with E-state index in [1.54, 1.807) is 11.6 Å². The molecule has 0 unspecified atom stereocenters. The maximum Gasteiger partial charge on any atom is 0.268 e. The van der Waals surface area contributed by atoms with Crippen molar-refractivity contribution in [2.24, 2.45) is 5.92 Å². The summed E-state index contributed by atoms with van der Waals surface area (Å²) in [4.78, 5) is 11.3. The lowest BCUT2D eigenvalue weighted by molar-refractivity contribution is 0.395. The van der Waals surface area contributed by atoms with E-state index in [1.807, 2.05) is 0 Å². The highest BCUT2D eigenvalue weighted by atomic mass is 35.5. The van der Waals surface area contributed by atoms with Crippen molar-refractivity contribution in [3.8, 4) is 0 Å². The summed E-state index contributed by atoms with van der Waals surface area (Å²) >= 11 is 6.00. The smallest absolute Gasteiger partial charge is 0.268 e. The summed E-state index contributed by atoms with van der Waals surface area (Å²) in [5.74, 6) is 0.579. The lowest BCUT2D eigenvalue weighted by atomic mass is 10.0. The zero-order valence-electron chi connectivity index (χ0n) is 8.93. The van der Waals surface area contributed by atoms with E-state index in [-0.39, 0.29) is 5.56 Å². The third-order valence-electron chi connectivity index (χ3n) is 2.72. The number of aromatic nitrogens is 2. The molecule has 0 fully saturated rings. The van der Waals surface area contributed by atoms with Crippen molar-refractivity contribution in [2.75, 3.05) is 0 Å². The predicted molar refractivity (Wildman–Crippen MR) is 58.9 cm³/mol. The number of rotatable bonds is 4. The maximum absolute atomic E-state index is 11.3. The van der Waals surface area contributed by atoms with Crippen LogP contribution in [0.1, 0.15) is 32.3 Å². The van der Waals surface area contributed by atoms with Crippen molar-refractivity contribution in [2.45, 2.75) is 40.2 Å². The van der Waals surface area contributed by atoms with Gasteiger partial charge in [-0.1, -0.05) is 38.3 Å². The van der Waals surface area contributed by atoms with Crippen molar-refractivity contribution in [3.63, 3.8) is 0 Å². The molecule has 1 heterocycles. The number of nitrogens with zero attached hydrogens (tertiary/aromatic N) is 1. The molecule has 0 saturated carbocycles. The Morgan fingerprint density at radius 3 is 2.36 bits per heavy atom. The minimum atomic E-state index is -0.0824. The summed E-state index contributed by atoms with van der Waals surface area (Å²) in [5, 5.41) is 3.28. The molecule has 1 aromatic heterocycles. The molecule has 1 N–H and O–H groups in total. The van der Waals surface area contributed by atoms with Gasteiger partial charge in [0.15, 0.2) is 0 Å². The van der Waals surface area contributed by atoms with Crippen LogP contribution in [0.2, 0.25) is 5.15 Å². The Hall–Kier alpha value is -0.700. The second kappa shape index (κ2) is 4.69. The van der Waals surface area contributed by atoms with Crippen molar-refractivity contribution >= 4 is 11.6 Å². The van der Waals surface area contributed by atoms with Gasteiger partial charge in [-0.25, -0.2) is 0 Å². The van der Waals surface area contributed by atoms with Crippen LogP contribution in [0.25, 0.3) is 0 Å². The average Bonchev–Trinajstić information content (AvgIpc) is 2.42. The molecule has 0 amide bonds. The number of aromatic amines is 1. The van der Waals surface area contributed by atoms with Crippen LogP contribution in [-0.2, 0) is 6.54 Å². The van der Waals surface area contributed by atoms with Crippen LogP contribution >= 0.6 is 11.6 Å². The van der Waals surface area contributed by atoms with E-state index in [0.717, 1.165) is 19.4 Å².